The van der Waals surface area contributed by atoms with Crippen LogP contribution in [0.1, 0.15) is 5.56 Å². The zero-order valence-electron chi connectivity index (χ0n) is 12.2. The summed E-state index contributed by atoms with van der Waals surface area (Å²) in [6.45, 7) is 2.09. The van der Waals surface area contributed by atoms with Crippen LogP contribution in [0.5, 0.6) is 0 Å². The van der Waals surface area contributed by atoms with Gasteiger partial charge in [-0.2, -0.15) is 0 Å². The van der Waals surface area contributed by atoms with Gasteiger partial charge < -0.3 is 4.42 Å². The predicted molar refractivity (Wildman–Crippen MR) is 87.4 cm³/mol. The summed E-state index contributed by atoms with van der Waals surface area (Å²) in [7, 11) is 0. The van der Waals surface area contributed by atoms with E-state index in [1.807, 2.05) is 30.3 Å². The zero-order valence-corrected chi connectivity index (χ0v) is 12.2. The standard InChI is InChI=1S/C19H14N2O/c1-13-11-14(8-9-15(13)18-7-4-10-22-18)19-16-5-2-3-6-17(16)20-12-21-19/h2-12H,1H3. The number of nitrogens with zero attached hydrogens (tertiary/aromatic N) is 2. The number of rotatable bonds is 2. The Bertz CT molecular complexity index is 937. The highest BCUT2D eigenvalue weighted by Crippen LogP contribution is 2.30. The number of furan rings is 1. The Morgan fingerprint density at radius 2 is 1.82 bits per heavy atom. The van der Waals surface area contributed by atoms with Crippen LogP contribution in [0.4, 0.5) is 0 Å². The first-order valence-electron chi connectivity index (χ1n) is 7.17. The minimum absolute atomic E-state index is 0.886. The number of para-hydroxylation sites is 1. The summed E-state index contributed by atoms with van der Waals surface area (Å²) in [5, 5.41) is 1.06. The van der Waals surface area contributed by atoms with Gasteiger partial charge in [0.25, 0.3) is 0 Å². The second kappa shape index (κ2) is 5.11. The van der Waals surface area contributed by atoms with E-state index in [-0.39, 0.29) is 0 Å². The lowest BCUT2D eigenvalue weighted by atomic mass is 9.99. The number of hydrogen-bond acceptors (Lipinski definition) is 3. The quantitative estimate of drug-likeness (QED) is 0.528. The fourth-order valence-corrected chi connectivity index (χ4v) is 2.75. The fourth-order valence-electron chi connectivity index (χ4n) is 2.75. The van der Waals surface area contributed by atoms with Crippen molar-refractivity contribution in [2.24, 2.45) is 0 Å². The third kappa shape index (κ3) is 2.07. The normalized spacial score (nSPS) is 11.0. The molecule has 3 heteroatoms. The smallest absolute Gasteiger partial charge is 0.134 e. The molecule has 3 nitrogen and oxygen atoms in total. The average Bonchev–Trinajstić information content (AvgIpc) is 3.08. The topological polar surface area (TPSA) is 38.9 Å². The summed E-state index contributed by atoms with van der Waals surface area (Å²) >= 11 is 0. The van der Waals surface area contributed by atoms with E-state index in [2.05, 4.69) is 41.2 Å². The number of hydrogen-bond donors (Lipinski definition) is 0. The van der Waals surface area contributed by atoms with Gasteiger partial charge in [0.05, 0.1) is 17.5 Å². The van der Waals surface area contributed by atoms with Crippen molar-refractivity contribution in [1.29, 1.82) is 0 Å². The summed E-state index contributed by atoms with van der Waals surface area (Å²) in [5.74, 6) is 0.886. The van der Waals surface area contributed by atoms with E-state index in [0.717, 1.165) is 39.0 Å². The van der Waals surface area contributed by atoms with Crippen LogP contribution >= 0.6 is 0 Å². The lowest BCUT2D eigenvalue weighted by molar-refractivity contribution is 0.582. The van der Waals surface area contributed by atoms with Crippen molar-refractivity contribution in [1.82, 2.24) is 9.97 Å². The van der Waals surface area contributed by atoms with E-state index in [9.17, 15) is 0 Å². The van der Waals surface area contributed by atoms with Gasteiger partial charge in [0.2, 0.25) is 0 Å². The Labute approximate surface area is 128 Å². The highest BCUT2D eigenvalue weighted by molar-refractivity contribution is 5.92. The molecule has 0 N–H and O–H groups in total. The third-order valence-electron chi connectivity index (χ3n) is 3.83. The van der Waals surface area contributed by atoms with Crippen LogP contribution in [0.2, 0.25) is 0 Å². The zero-order chi connectivity index (χ0) is 14.9. The second-order valence-corrected chi connectivity index (χ2v) is 5.25. The molecule has 2 heterocycles. The van der Waals surface area contributed by atoms with Gasteiger partial charge in [-0.1, -0.05) is 30.3 Å². The van der Waals surface area contributed by atoms with E-state index >= 15 is 0 Å². The van der Waals surface area contributed by atoms with E-state index in [1.165, 1.54) is 0 Å². The lowest BCUT2D eigenvalue weighted by Crippen LogP contribution is -1.90. The monoisotopic (exact) mass is 286 g/mol. The van der Waals surface area contributed by atoms with Crippen molar-refractivity contribution in [2.45, 2.75) is 6.92 Å². The molecule has 0 saturated heterocycles. The number of fused-ring (bicyclic) bond motifs is 1. The van der Waals surface area contributed by atoms with Crippen molar-refractivity contribution < 1.29 is 4.42 Å². The highest BCUT2D eigenvalue weighted by atomic mass is 16.3. The minimum atomic E-state index is 0.886. The molecule has 22 heavy (non-hydrogen) atoms. The van der Waals surface area contributed by atoms with Crippen LogP contribution in [0.25, 0.3) is 33.5 Å². The number of aryl methyl sites for hydroxylation is 1. The van der Waals surface area contributed by atoms with Crippen molar-refractivity contribution in [2.75, 3.05) is 0 Å². The van der Waals surface area contributed by atoms with E-state index in [1.54, 1.807) is 12.6 Å². The molecular weight excluding hydrogens is 272 g/mol. The van der Waals surface area contributed by atoms with E-state index in [4.69, 9.17) is 4.42 Å². The molecule has 0 aliphatic rings. The first kappa shape index (κ1) is 12.8. The van der Waals surface area contributed by atoms with Gasteiger partial charge in [0, 0.05) is 16.5 Å². The molecule has 2 aromatic heterocycles. The Balaban J connectivity index is 1.88. The lowest BCUT2D eigenvalue weighted by Gasteiger charge is -2.08. The van der Waals surface area contributed by atoms with Crippen molar-refractivity contribution in [3.05, 3.63) is 72.8 Å². The molecule has 0 fully saturated rings. The van der Waals surface area contributed by atoms with Crippen LogP contribution in [0.15, 0.2) is 71.6 Å². The average molecular weight is 286 g/mol. The SMILES string of the molecule is Cc1cc(-c2ncnc3ccccc23)ccc1-c1ccco1. The third-order valence-corrected chi connectivity index (χ3v) is 3.83. The molecule has 0 aliphatic heterocycles. The van der Waals surface area contributed by atoms with E-state index < -0.39 is 0 Å². The van der Waals surface area contributed by atoms with Crippen LogP contribution in [-0.2, 0) is 0 Å². The molecule has 0 bridgehead atoms. The van der Waals surface area contributed by atoms with Gasteiger partial charge in [-0.15, -0.1) is 0 Å². The summed E-state index contributed by atoms with van der Waals surface area (Å²) in [5.41, 5.74) is 5.27. The van der Waals surface area contributed by atoms with E-state index in [0.29, 0.717) is 0 Å². The Morgan fingerprint density at radius 1 is 0.909 bits per heavy atom. The molecule has 0 aliphatic carbocycles. The van der Waals surface area contributed by atoms with Gasteiger partial charge in [0.1, 0.15) is 12.1 Å². The summed E-state index contributed by atoms with van der Waals surface area (Å²) < 4.78 is 5.49. The maximum absolute atomic E-state index is 5.49. The highest BCUT2D eigenvalue weighted by Gasteiger charge is 2.09. The maximum atomic E-state index is 5.49. The first-order valence-corrected chi connectivity index (χ1v) is 7.17. The molecular formula is C19H14N2O. The minimum Gasteiger partial charge on any atom is -0.464 e. The Kier molecular flexibility index (Phi) is 2.97. The van der Waals surface area contributed by atoms with Crippen LogP contribution < -0.4 is 0 Å². The van der Waals surface area contributed by atoms with Crippen LogP contribution in [0.3, 0.4) is 0 Å². The van der Waals surface area contributed by atoms with Crippen LogP contribution in [0, 0.1) is 6.92 Å². The molecule has 106 valence electrons. The number of benzene rings is 2. The molecule has 0 spiro atoms. The summed E-state index contributed by atoms with van der Waals surface area (Å²) in [6.07, 6.45) is 3.31. The fraction of sp³-hybridized carbons (Fsp3) is 0.0526. The molecule has 0 amide bonds. The van der Waals surface area contributed by atoms with Crippen molar-refractivity contribution >= 4 is 10.9 Å². The summed E-state index contributed by atoms with van der Waals surface area (Å²) in [6, 6.07) is 18.3. The first-order chi connectivity index (χ1) is 10.8. The number of aromatic nitrogens is 2. The molecule has 0 unspecified atom stereocenters. The van der Waals surface area contributed by atoms with Crippen molar-refractivity contribution in [3.63, 3.8) is 0 Å². The van der Waals surface area contributed by atoms with Crippen LogP contribution in [-0.4, -0.2) is 9.97 Å². The van der Waals surface area contributed by atoms with Gasteiger partial charge in [-0.3, -0.25) is 0 Å². The molecule has 0 radical (unpaired) electrons. The second-order valence-electron chi connectivity index (χ2n) is 5.25. The molecule has 4 aromatic rings. The summed E-state index contributed by atoms with van der Waals surface area (Å²) in [4.78, 5) is 8.80. The molecule has 2 aromatic carbocycles. The molecule has 4 rings (SSSR count). The van der Waals surface area contributed by atoms with Crippen molar-refractivity contribution in [3.8, 4) is 22.6 Å². The van der Waals surface area contributed by atoms with Gasteiger partial charge in [0.15, 0.2) is 0 Å². The predicted octanol–water partition coefficient (Wildman–Crippen LogP) is 4.87. The molecule has 0 saturated carbocycles. The van der Waals surface area contributed by atoms with Gasteiger partial charge >= 0.3 is 0 Å². The largest absolute Gasteiger partial charge is 0.464 e. The van der Waals surface area contributed by atoms with Gasteiger partial charge in [-0.05, 0) is 36.8 Å². The Morgan fingerprint density at radius 3 is 2.64 bits per heavy atom. The Hall–Kier alpha value is -2.94. The maximum Gasteiger partial charge on any atom is 0.134 e. The van der Waals surface area contributed by atoms with Gasteiger partial charge in [-0.25, -0.2) is 9.97 Å². The molecule has 0 atom stereocenters.